The van der Waals surface area contributed by atoms with Gasteiger partial charge >= 0.3 is 0 Å². The van der Waals surface area contributed by atoms with Gasteiger partial charge in [-0.1, -0.05) is 0 Å². The van der Waals surface area contributed by atoms with Gasteiger partial charge in [-0.25, -0.2) is 8.42 Å². The predicted molar refractivity (Wildman–Crippen MR) is 87.7 cm³/mol. The molecular weight excluding hydrogens is 336 g/mol. The zero-order chi connectivity index (χ0) is 16.4. The first kappa shape index (κ1) is 16.9. The number of thiophene rings is 1. The van der Waals surface area contributed by atoms with Crippen molar-refractivity contribution < 1.29 is 17.9 Å². The number of hydrogen-bond acceptors (Lipinski definition) is 5. The first-order valence-corrected chi connectivity index (χ1v) is 10.1. The highest BCUT2D eigenvalue weighted by Crippen LogP contribution is 2.35. The van der Waals surface area contributed by atoms with Crippen LogP contribution in [0.1, 0.15) is 31.1 Å². The summed E-state index contributed by atoms with van der Waals surface area (Å²) in [6.07, 6.45) is 2.81. The molecular formula is C15H22N2O4S2. The number of carbonyl (C=O) groups is 1. The van der Waals surface area contributed by atoms with Gasteiger partial charge in [-0.15, -0.1) is 11.3 Å². The number of rotatable bonds is 7. The van der Waals surface area contributed by atoms with E-state index in [2.05, 4.69) is 5.32 Å². The number of carbonyl (C=O) groups excluding carboxylic acids is 1. The van der Waals surface area contributed by atoms with Gasteiger partial charge in [-0.2, -0.15) is 4.31 Å². The molecule has 1 saturated heterocycles. The summed E-state index contributed by atoms with van der Waals surface area (Å²) in [5.74, 6) is 0.174. The van der Waals surface area contributed by atoms with Crippen LogP contribution in [-0.4, -0.2) is 44.4 Å². The maximum Gasteiger partial charge on any atom is 0.252 e. The van der Waals surface area contributed by atoms with Crippen LogP contribution in [0.4, 0.5) is 0 Å². The van der Waals surface area contributed by atoms with Crippen molar-refractivity contribution >= 4 is 27.3 Å². The van der Waals surface area contributed by atoms with Gasteiger partial charge in [0.2, 0.25) is 5.91 Å². The van der Waals surface area contributed by atoms with Crippen molar-refractivity contribution in [2.24, 2.45) is 5.92 Å². The van der Waals surface area contributed by atoms with E-state index in [1.165, 1.54) is 18.3 Å². The van der Waals surface area contributed by atoms with Crippen LogP contribution in [0, 0.1) is 5.92 Å². The standard InChI is InChI=1S/C15H22N2O4S2/c1-11(18)16-8-14-4-5-15(22-14)23(19,20)17(13-2-3-13)9-12-6-7-21-10-12/h4-5,12-13H,2-3,6-10H2,1H3,(H,16,18). The first-order chi connectivity index (χ1) is 11.0. The molecule has 1 aliphatic heterocycles. The van der Waals surface area contributed by atoms with Gasteiger partial charge in [0, 0.05) is 31.0 Å². The Balaban J connectivity index is 1.73. The molecule has 3 rings (SSSR count). The maximum atomic E-state index is 13.0. The summed E-state index contributed by atoms with van der Waals surface area (Å²) in [6.45, 7) is 3.74. The fourth-order valence-corrected chi connectivity index (χ4v) is 5.89. The van der Waals surface area contributed by atoms with E-state index >= 15 is 0 Å². The highest BCUT2D eigenvalue weighted by molar-refractivity contribution is 7.91. The summed E-state index contributed by atoms with van der Waals surface area (Å²) in [5.41, 5.74) is 0. The fourth-order valence-electron chi connectivity index (χ4n) is 2.71. The molecule has 1 N–H and O–H groups in total. The molecule has 0 radical (unpaired) electrons. The van der Waals surface area contributed by atoms with Crippen molar-refractivity contribution in [2.75, 3.05) is 19.8 Å². The molecule has 2 heterocycles. The van der Waals surface area contributed by atoms with Crippen molar-refractivity contribution in [1.82, 2.24) is 9.62 Å². The highest BCUT2D eigenvalue weighted by Gasteiger charge is 2.40. The molecule has 2 fully saturated rings. The minimum atomic E-state index is -3.46. The van der Waals surface area contributed by atoms with Gasteiger partial charge in [-0.05, 0) is 37.3 Å². The largest absolute Gasteiger partial charge is 0.381 e. The van der Waals surface area contributed by atoms with Crippen LogP contribution in [-0.2, 0) is 26.1 Å². The molecule has 2 aliphatic rings. The lowest BCUT2D eigenvalue weighted by Gasteiger charge is -2.23. The van der Waals surface area contributed by atoms with Gasteiger partial charge in [-0.3, -0.25) is 4.79 Å². The topological polar surface area (TPSA) is 75.7 Å². The van der Waals surface area contributed by atoms with E-state index in [9.17, 15) is 13.2 Å². The number of amides is 1. The van der Waals surface area contributed by atoms with Gasteiger partial charge in [0.1, 0.15) is 4.21 Å². The maximum absolute atomic E-state index is 13.0. The second kappa shape index (κ2) is 6.88. The van der Waals surface area contributed by atoms with Crippen LogP contribution in [0.3, 0.4) is 0 Å². The Kier molecular flexibility index (Phi) is 5.05. The van der Waals surface area contributed by atoms with Crippen LogP contribution < -0.4 is 5.32 Å². The van der Waals surface area contributed by atoms with E-state index in [0.717, 1.165) is 30.7 Å². The van der Waals surface area contributed by atoms with Gasteiger partial charge in [0.15, 0.2) is 0 Å². The first-order valence-electron chi connectivity index (χ1n) is 7.89. The molecule has 23 heavy (non-hydrogen) atoms. The number of hydrogen-bond donors (Lipinski definition) is 1. The van der Waals surface area contributed by atoms with E-state index in [0.29, 0.717) is 29.8 Å². The van der Waals surface area contributed by atoms with Crippen LogP contribution in [0.2, 0.25) is 0 Å². The summed E-state index contributed by atoms with van der Waals surface area (Å²) in [5, 5.41) is 2.70. The predicted octanol–water partition coefficient (Wildman–Crippen LogP) is 1.57. The summed E-state index contributed by atoms with van der Waals surface area (Å²) < 4.78 is 33.3. The Morgan fingerprint density at radius 1 is 1.39 bits per heavy atom. The minimum Gasteiger partial charge on any atom is -0.381 e. The molecule has 8 heteroatoms. The normalized spacial score (nSPS) is 21.7. The smallest absolute Gasteiger partial charge is 0.252 e. The second-order valence-corrected chi connectivity index (χ2v) is 9.45. The highest BCUT2D eigenvalue weighted by atomic mass is 32.2. The van der Waals surface area contributed by atoms with Crippen molar-refractivity contribution in [1.29, 1.82) is 0 Å². The lowest BCUT2D eigenvalue weighted by molar-refractivity contribution is -0.119. The summed E-state index contributed by atoms with van der Waals surface area (Å²) in [4.78, 5) is 11.8. The summed E-state index contributed by atoms with van der Waals surface area (Å²) >= 11 is 1.24. The van der Waals surface area contributed by atoms with Crippen LogP contribution in [0.5, 0.6) is 0 Å². The van der Waals surface area contributed by atoms with Crippen molar-refractivity contribution in [3.05, 3.63) is 17.0 Å². The van der Waals surface area contributed by atoms with Gasteiger partial charge < -0.3 is 10.1 Å². The lowest BCUT2D eigenvalue weighted by atomic mass is 10.1. The van der Waals surface area contributed by atoms with Crippen LogP contribution in [0.15, 0.2) is 16.3 Å². The third-order valence-corrected chi connectivity index (χ3v) is 7.60. The molecule has 0 aromatic carbocycles. The molecule has 1 saturated carbocycles. The third-order valence-electron chi connectivity index (χ3n) is 4.13. The molecule has 1 aromatic rings. The van der Waals surface area contributed by atoms with Crippen molar-refractivity contribution in [2.45, 2.75) is 43.0 Å². The molecule has 0 spiro atoms. The lowest BCUT2D eigenvalue weighted by Crippen LogP contribution is -2.37. The van der Waals surface area contributed by atoms with Crippen LogP contribution in [0.25, 0.3) is 0 Å². The van der Waals surface area contributed by atoms with Gasteiger partial charge in [0.25, 0.3) is 10.0 Å². The van der Waals surface area contributed by atoms with E-state index in [1.54, 1.807) is 16.4 Å². The Bertz CT molecular complexity index is 661. The molecule has 1 unspecified atom stereocenters. The Hall–Kier alpha value is -0.960. The van der Waals surface area contributed by atoms with E-state index < -0.39 is 10.0 Å². The molecule has 1 aliphatic carbocycles. The fraction of sp³-hybridized carbons (Fsp3) is 0.667. The molecule has 0 bridgehead atoms. The molecule has 1 atom stereocenters. The number of nitrogens with zero attached hydrogens (tertiary/aromatic N) is 1. The van der Waals surface area contributed by atoms with E-state index in [-0.39, 0.29) is 11.9 Å². The Labute approximate surface area is 140 Å². The van der Waals surface area contributed by atoms with E-state index in [1.807, 2.05) is 0 Å². The van der Waals surface area contributed by atoms with Crippen molar-refractivity contribution in [3.8, 4) is 0 Å². The second-order valence-electron chi connectivity index (χ2n) is 6.17. The monoisotopic (exact) mass is 358 g/mol. The van der Waals surface area contributed by atoms with E-state index in [4.69, 9.17) is 4.74 Å². The molecule has 6 nitrogen and oxygen atoms in total. The molecule has 1 amide bonds. The van der Waals surface area contributed by atoms with Gasteiger partial charge in [0.05, 0.1) is 13.2 Å². The number of sulfonamides is 1. The minimum absolute atomic E-state index is 0.122. The molecule has 128 valence electrons. The Morgan fingerprint density at radius 3 is 2.78 bits per heavy atom. The number of ether oxygens (including phenoxy) is 1. The number of nitrogens with one attached hydrogen (secondary N) is 1. The summed E-state index contributed by atoms with van der Waals surface area (Å²) in [7, 11) is -3.46. The zero-order valence-corrected chi connectivity index (χ0v) is 14.8. The zero-order valence-electron chi connectivity index (χ0n) is 13.2. The average Bonchev–Trinajstić information content (AvgIpc) is 3.02. The average molecular weight is 358 g/mol. The Morgan fingerprint density at radius 2 is 2.17 bits per heavy atom. The van der Waals surface area contributed by atoms with Crippen LogP contribution >= 0.6 is 11.3 Å². The SMILES string of the molecule is CC(=O)NCc1ccc(S(=O)(=O)N(CC2CCOC2)C2CC2)s1. The third kappa shape index (κ3) is 4.12. The molecule has 1 aromatic heterocycles. The quantitative estimate of drug-likeness (QED) is 0.803. The van der Waals surface area contributed by atoms with Crippen molar-refractivity contribution in [3.63, 3.8) is 0 Å². The summed E-state index contributed by atoms with van der Waals surface area (Å²) in [6, 6.07) is 3.57.